The van der Waals surface area contributed by atoms with Gasteiger partial charge in [-0.25, -0.2) is 13.9 Å². The first-order valence-corrected chi connectivity index (χ1v) is 16.3. The number of aromatic nitrogens is 4. The highest BCUT2D eigenvalue weighted by Crippen LogP contribution is 2.39. The number of para-hydroxylation sites is 2. The molecule has 41 heavy (non-hydrogen) atoms. The van der Waals surface area contributed by atoms with E-state index in [9.17, 15) is 9.90 Å². The van der Waals surface area contributed by atoms with Crippen molar-refractivity contribution in [1.82, 2.24) is 24.0 Å². The molecule has 0 saturated heterocycles. The van der Waals surface area contributed by atoms with E-state index in [1.807, 2.05) is 38.1 Å². The van der Waals surface area contributed by atoms with Crippen molar-refractivity contribution in [3.05, 3.63) is 71.8 Å². The predicted molar refractivity (Wildman–Crippen MR) is 173 cm³/mol. The van der Waals surface area contributed by atoms with Gasteiger partial charge in [0.2, 0.25) is 7.10 Å². The van der Waals surface area contributed by atoms with Crippen molar-refractivity contribution in [2.24, 2.45) is 0 Å². The van der Waals surface area contributed by atoms with Crippen LogP contribution in [0, 0.1) is 6.92 Å². The number of phenols is 1. The zero-order chi connectivity index (χ0) is 29.8. The minimum atomic E-state index is -1.23. The standard InChI is InChI=1S/C25H26N5O2PS.C3H7NO.C2H6/c1-4-7-17-11-10-16(2)22(14-17)30-25-24(27-19-8-5-6-9-20(19)28-25)29-33(34-30)32-18-12-13-23(31)21(15-18)26-3;1-4-2-3-5;1-2/h5-6,8-15,26,31H,4,7H2,1-3H3,(H,27,29);3-4H,2H2,1H3;1-2H3. The summed E-state index contributed by atoms with van der Waals surface area (Å²) in [5.41, 5.74) is 7.28. The maximum absolute atomic E-state index is 10.0. The van der Waals surface area contributed by atoms with E-state index in [4.69, 9.17) is 14.5 Å². The van der Waals surface area contributed by atoms with E-state index in [-0.39, 0.29) is 5.75 Å². The SMILES string of the molecule is CC.CCCc1ccc(C)c(-n2sp(Oc3ccc(O)c(NC)c3)[nH]c3nc4ccccc4nc32)c1.CNCC=O. The number of hydrogen-bond donors (Lipinski definition) is 4. The summed E-state index contributed by atoms with van der Waals surface area (Å²) in [5, 5.41) is 15.6. The number of aldehydes is 1. The number of H-pyrrole nitrogens is 1. The van der Waals surface area contributed by atoms with Gasteiger partial charge in [0.15, 0.2) is 11.3 Å². The molecule has 11 heteroatoms. The van der Waals surface area contributed by atoms with Crippen LogP contribution < -0.4 is 15.2 Å². The lowest BCUT2D eigenvalue weighted by molar-refractivity contribution is -0.107. The molecule has 1 unspecified atom stereocenters. The van der Waals surface area contributed by atoms with Crippen LogP contribution in [-0.2, 0) is 11.2 Å². The topological polar surface area (TPSA) is 117 Å². The first kappa shape index (κ1) is 31.7. The fraction of sp³-hybridized carbons (Fsp3) is 0.300. The molecule has 5 rings (SSSR count). The molecule has 1 atom stereocenters. The predicted octanol–water partition coefficient (Wildman–Crippen LogP) is 7.36. The van der Waals surface area contributed by atoms with Crippen molar-refractivity contribution < 1.29 is 14.4 Å². The fourth-order valence-corrected chi connectivity index (χ4v) is 6.96. The van der Waals surface area contributed by atoms with Crippen LogP contribution in [0.25, 0.3) is 28.0 Å². The van der Waals surface area contributed by atoms with Crippen LogP contribution >= 0.6 is 18.2 Å². The van der Waals surface area contributed by atoms with Crippen molar-refractivity contribution in [2.45, 2.75) is 40.5 Å². The fourth-order valence-electron chi connectivity index (χ4n) is 3.89. The van der Waals surface area contributed by atoms with Gasteiger partial charge in [-0.05, 0) is 61.9 Å². The second-order valence-electron chi connectivity index (χ2n) is 8.74. The van der Waals surface area contributed by atoms with Gasteiger partial charge in [0.1, 0.15) is 17.8 Å². The van der Waals surface area contributed by atoms with Gasteiger partial charge in [-0.1, -0.05) is 51.5 Å². The smallest absolute Gasteiger partial charge is 0.225 e. The van der Waals surface area contributed by atoms with Gasteiger partial charge in [-0.3, -0.25) is 4.75 Å². The van der Waals surface area contributed by atoms with E-state index in [1.165, 1.54) is 5.56 Å². The molecule has 0 bridgehead atoms. The average Bonchev–Trinajstić information content (AvgIpc) is 2.99. The zero-order valence-corrected chi connectivity index (χ0v) is 26.1. The maximum Gasteiger partial charge on any atom is 0.225 e. The highest BCUT2D eigenvalue weighted by atomic mass is 32.6. The van der Waals surface area contributed by atoms with Crippen LogP contribution in [0.15, 0.2) is 60.7 Å². The molecule has 2 aromatic heterocycles. The molecule has 5 aromatic rings. The molecule has 0 saturated carbocycles. The van der Waals surface area contributed by atoms with E-state index in [1.54, 1.807) is 43.4 Å². The van der Waals surface area contributed by atoms with Gasteiger partial charge in [0.05, 0.1) is 29.0 Å². The van der Waals surface area contributed by atoms with E-state index < -0.39 is 7.10 Å². The summed E-state index contributed by atoms with van der Waals surface area (Å²) in [7, 11) is 2.27. The molecule has 0 aliphatic rings. The lowest BCUT2D eigenvalue weighted by Crippen LogP contribution is -2.07. The maximum atomic E-state index is 10.0. The summed E-state index contributed by atoms with van der Waals surface area (Å²) in [6.07, 6.45) is 2.93. The number of aromatic amines is 1. The summed E-state index contributed by atoms with van der Waals surface area (Å²) in [4.78, 5) is 19.2. The third kappa shape index (κ3) is 8.10. The van der Waals surface area contributed by atoms with Crippen LogP contribution in [-0.4, -0.2) is 50.7 Å². The Morgan fingerprint density at radius 1 is 1.07 bits per heavy atom. The Labute approximate surface area is 246 Å². The number of nitrogens with one attached hydrogen (secondary N) is 3. The van der Waals surface area contributed by atoms with E-state index in [2.05, 4.69) is 51.4 Å². The molecule has 9 nitrogen and oxygen atoms in total. The molecule has 0 fully saturated rings. The van der Waals surface area contributed by atoms with Gasteiger partial charge in [-0.15, -0.1) is 0 Å². The van der Waals surface area contributed by atoms with E-state index in [0.29, 0.717) is 23.6 Å². The highest BCUT2D eigenvalue weighted by molar-refractivity contribution is 7.85. The molecule has 218 valence electrons. The number of aryl methyl sites for hydroxylation is 2. The van der Waals surface area contributed by atoms with Crippen LogP contribution in [0.2, 0.25) is 0 Å². The van der Waals surface area contributed by atoms with E-state index in [0.717, 1.165) is 47.1 Å². The van der Waals surface area contributed by atoms with Crippen LogP contribution in [0.4, 0.5) is 5.69 Å². The highest BCUT2D eigenvalue weighted by Gasteiger charge is 2.14. The van der Waals surface area contributed by atoms with Gasteiger partial charge in [-0.2, -0.15) is 0 Å². The van der Waals surface area contributed by atoms with E-state index >= 15 is 0 Å². The second kappa shape index (κ2) is 15.8. The summed E-state index contributed by atoms with van der Waals surface area (Å²) < 4.78 is 11.9. The van der Waals surface area contributed by atoms with Gasteiger partial charge < -0.3 is 25.1 Å². The second-order valence-corrected chi connectivity index (χ2v) is 11.7. The Kier molecular flexibility index (Phi) is 12.2. The number of rotatable bonds is 8. The largest absolute Gasteiger partial charge is 0.506 e. The van der Waals surface area contributed by atoms with Crippen LogP contribution in [0.1, 0.15) is 38.3 Å². The Morgan fingerprint density at radius 2 is 1.80 bits per heavy atom. The normalized spacial score (nSPS) is 10.7. The first-order chi connectivity index (χ1) is 20.0. The molecular weight excluding hydrogens is 555 g/mol. The van der Waals surface area contributed by atoms with Crippen molar-refractivity contribution in [1.29, 1.82) is 0 Å². The molecule has 0 aliphatic carbocycles. The molecule has 4 N–H and O–H groups in total. The Morgan fingerprint density at radius 3 is 2.44 bits per heavy atom. The Hall–Kier alpha value is -3.85. The van der Waals surface area contributed by atoms with Crippen molar-refractivity contribution in [3.63, 3.8) is 0 Å². The molecular formula is C30H39N6O3PS. The van der Waals surface area contributed by atoms with Gasteiger partial charge in [0.25, 0.3) is 0 Å². The lowest BCUT2D eigenvalue weighted by Gasteiger charge is -2.16. The summed E-state index contributed by atoms with van der Waals surface area (Å²) in [6, 6.07) is 19.7. The molecule has 0 amide bonds. The summed E-state index contributed by atoms with van der Waals surface area (Å²) in [5.74, 6) is 0.835. The third-order valence-corrected chi connectivity index (χ3v) is 8.73. The number of nitrogens with zero attached hydrogens (tertiary/aromatic N) is 3. The zero-order valence-electron chi connectivity index (χ0n) is 24.4. The summed E-state index contributed by atoms with van der Waals surface area (Å²) >= 11 is 1.57. The van der Waals surface area contributed by atoms with Crippen LogP contribution in [0.3, 0.4) is 0 Å². The average molecular weight is 595 g/mol. The Bertz CT molecular complexity index is 1620. The number of fused-ring (bicyclic) bond motifs is 2. The minimum absolute atomic E-state index is 0.180. The number of phenolic OH excluding ortho intramolecular Hbond substituents is 1. The first-order valence-electron chi connectivity index (χ1n) is 13.7. The number of anilines is 1. The van der Waals surface area contributed by atoms with Crippen molar-refractivity contribution >= 4 is 52.5 Å². The minimum Gasteiger partial charge on any atom is -0.506 e. The molecule has 2 heterocycles. The number of carbonyl (C=O) groups is 1. The van der Waals surface area contributed by atoms with Crippen LogP contribution in [0.5, 0.6) is 11.5 Å². The molecule has 0 aliphatic heterocycles. The molecule has 3 aromatic carbocycles. The number of benzene rings is 3. The Balaban J connectivity index is 0.000000598. The molecule has 0 radical (unpaired) electrons. The van der Waals surface area contributed by atoms with Gasteiger partial charge in [0, 0.05) is 24.3 Å². The molecule has 0 spiro atoms. The van der Waals surface area contributed by atoms with Crippen molar-refractivity contribution in [2.75, 3.05) is 26.0 Å². The van der Waals surface area contributed by atoms with Gasteiger partial charge >= 0.3 is 0 Å². The number of hydrogen-bond acceptors (Lipinski definition) is 8. The lowest BCUT2D eigenvalue weighted by atomic mass is 10.1. The monoisotopic (exact) mass is 594 g/mol. The summed E-state index contributed by atoms with van der Waals surface area (Å²) in [6.45, 7) is 8.76. The number of likely N-dealkylation sites (N-methyl/N-ethyl adjacent to an activating group) is 1. The third-order valence-electron chi connectivity index (χ3n) is 5.84. The number of carbonyl (C=O) groups excluding carboxylic acids is 1. The van der Waals surface area contributed by atoms with Crippen molar-refractivity contribution in [3.8, 4) is 17.2 Å². The quantitative estimate of drug-likeness (QED) is 0.0843. The number of aromatic hydroxyl groups is 1.